The van der Waals surface area contributed by atoms with Crippen molar-refractivity contribution in [1.82, 2.24) is 25.2 Å². The number of rotatable bonds is 15. The van der Waals surface area contributed by atoms with Gasteiger partial charge in [-0.2, -0.15) is 0 Å². The highest BCUT2D eigenvalue weighted by Gasteiger charge is 2.62. The molecular weight excluding hydrogens is 783 g/mol. The number of pyridine rings is 1. The summed E-state index contributed by atoms with van der Waals surface area (Å²) < 4.78 is 50.6. The van der Waals surface area contributed by atoms with Crippen LogP contribution in [-0.2, 0) is 38.7 Å². The molecule has 1 saturated heterocycles. The number of likely N-dealkylation sites (tertiary alicyclic amines) is 1. The maximum Gasteiger partial charge on any atom is 0.408 e. The van der Waals surface area contributed by atoms with Gasteiger partial charge in [0.25, 0.3) is 5.91 Å². The van der Waals surface area contributed by atoms with Crippen LogP contribution >= 0.6 is 0 Å². The molecule has 2 heterocycles. The van der Waals surface area contributed by atoms with Crippen LogP contribution in [0.5, 0.6) is 11.5 Å². The Bertz CT molecular complexity index is 2270. The SMILES string of the molecule is C=CC(=O)O[C@H](C)C(NC(=O)OC(C)(C)C)C(=O)N1C[C@H](Oc2cc(-c3ccccc3)nc3cc(OC)ccc23)C[C@H]1C(=O)N[C@]1(C(=O)NS(=O)(=O)C2CC2)C[C@H]1C=C. The molecule has 3 N–H and O–H groups in total. The summed E-state index contributed by atoms with van der Waals surface area (Å²) in [5.74, 6) is -3.04. The number of carbonyl (C=O) groups excluding carboxylic acids is 5. The topological polar surface area (TPSA) is 209 Å². The Morgan fingerprint density at radius 1 is 1.03 bits per heavy atom. The number of carbonyl (C=O) groups is 5. The maximum absolute atomic E-state index is 14.7. The van der Waals surface area contributed by atoms with Crippen molar-refractivity contribution in [1.29, 1.82) is 0 Å². The van der Waals surface area contributed by atoms with Crippen LogP contribution in [-0.4, -0.2) is 102 Å². The Kier molecular flexibility index (Phi) is 12.1. The first-order valence-electron chi connectivity index (χ1n) is 19.2. The molecule has 0 bridgehead atoms. The van der Waals surface area contributed by atoms with Crippen LogP contribution in [0, 0.1) is 5.92 Å². The van der Waals surface area contributed by atoms with Gasteiger partial charge in [-0.05, 0) is 59.1 Å². The summed E-state index contributed by atoms with van der Waals surface area (Å²) in [5.41, 5.74) is -0.675. The highest BCUT2D eigenvalue weighted by Crippen LogP contribution is 2.45. The molecule has 2 aliphatic carbocycles. The van der Waals surface area contributed by atoms with Crippen LogP contribution in [0.2, 0.25) is 0 Å². The van der Waals surface area contributed by atoms with Crippen molar-refractivity contribution in [2.24, 2.45) is 5.92 Å². The minimum absolute atomic E-state index is 0.0704. The number of alkyl carbamates (subject to hydrolysis) is 1. The summed E-state index contributed by atoms with van der Waals surface area (Å²) in [7, 11) is -2.43. The van der Waals surface area contributed by atoms with Gasteiger partial charge >= 0.3 is 12.1 Å². The van der Waals surface area contributed by atoms with Gasteiger partial charge in [-0.1, -0.05) is 43.0 Å². The van der Waals surface area contributed by atoms with E-state index in [1.165, 1.54) is 25.0 Å². The molecule has 314 valence electrons. The van der Waals surface area contributed by atoms with Crippen LogP contribution in [0.25, 0.3) is 22.2 Å². The second-order valence-corrected chi connectivity index (χ2v) is 17.9. The zero-order valence-electron chi connectivity index (χ0n) is 33.6. The largest absolute Gasteiger partial charge is 0.497 e. The van der Waals surface area contributed by atoms with Gasteiger partial charge in [0.05, 0.1) is 30.1 Å². The zero-order valence-corrected chi connectivity index (χ0v) is 34.4. The molecule has 16 nitrogen and oxygen atoms in total. The predicted molar refractivity (Wildman–Crippen MR) is 216 cm³/mol. The monoisotopic (exact) mass is 831 g/mol. The Labute approximate surface area is 342 Å². The summed E-state index contributed by atoms with van der Waals surface area (Å²) in [6, 6.07) is 13.6. The molecule has 2 saturated carbocycles. The molecule has 6 atom stereocenters. The highest BCUT2D eigenvalue weighted by molar-refractivity contribution is 7.91. The summed E-state index contributed by atoms with van der Waals surface area (Å²) >= 11 is 0. The Balaban J connectivity index is 1.36. The van der Waals surface area contributed by atoms with E-state index in [4.69, 9.17) is 23.9 Å². The van der Waals surface area contributed by atoms with Crippen molar-refractivity contribution < 1.29 is 51.3 Å². The van der Waals surface area contributed by atoms with Gasteiger partial charge in [-0.25, -0.2) is 23.0 Å². The van der Waals surface area contributed by atoms with Gasteiger partial charge in [-0.3, -0.25) is 19.1 Å². The highest BCUT2D eigenvalue weighted by atomic mass is 32.2. The van der Waals surface area contributed by atoms with Crippen molar-refractivity contribution in [2.75, 3.05) is 13.7 Å². The number of esters is 1. The van der Waals surface area contributed by atoms with E-state index in [1.54, 1.807) is 45.0 Å². The zero-order chi connectivity index (χ0) is 42.9. The molecule has 3 aliphatic rings. The fourth-order valence-electron chi connectivity index (χ4n) is 7.02. The molecule has 59 heavy (non-hydrogen) atoms. The third kappa shape index (κ3) is 9.67. The molecule has 3 fully saturated rings. The molecule has 6 rings (SSSR count). The molecule has 1 aromatic heterocycles. The first-order valence-corrected chi connectivity index (χ1v) is 20.8. The van der Waals surface area contributed by atoms with Gasteiger partial charge in [0, 0.05) is 41.5 Å². The first kappa shape index (κ1) is 42.6. The second kappa shape index (κ2) is 16.7. The summed E-state index contributed by atoms with van der Waals surface area (Å²) in [5, 5.41) is 5.17. The normalized spacial score (nSPS) is 22.3. The number of aromatic nitrogens is 1. The standard InChI is InChI=1S/C42H49N5O11S/c1-8-26-22-42(26,39(51)46-59(53,54)29-16-17-29)45-37(49)33-20-28(23-47(33)38(50)36(24(3)56-35(48)9-2)44-40(52)58-41(4,5)6)57-34-21-31(25-13-11-10-12-14-25)43-32-19-27(55-7)15-18-30(32)34/h8-15,18-19,21,24,26,28-29,33,36H,1-2,16-17,20,22-23H2,3-7H3,(H,44,52)(H,45,49)(H,46,51)/t24-,26-,28-,33+,36?,42-/m1/s1. The number of hydrogen-bond acceptors (Lipinski definition) is 12. The number of ether oxygens (including phenoxy) is 4. The fourth-order valence-corrected chi connectivity index (χ4v) is 8.39. The molecular formula is C42H49N5O11S. The van der Waals surface area contributed by atoms with Gasteiger partial charge in [0.1, 0.15) is 46.9 Å². The fraction of sp³-hybridized carbons (Fsp3) is 0.429. The molecule has 17 heteroatoms. The minimum atomic E-state index is -3.97. The van der Waals surface area contributed by atoms with E-state index in [2.05, 4.69) is 28.5 Å². The number of nitrogens with one attached hydrogen (secondary N) is 3. The first-order chi connectivity index (χ1) is 27.9. The quantitative estimate of drug-likeness (QED) is 0.113. The van der Waals surface area contributed by atoms with E-state index >= 15 is 0 Å². The Morgan fingerprint density at radius 2 is 1.75 bits per heavy atom. The lowest BCUT2D eigenvalue weighted by Gasteiger charge is -2.32. The van der Waals surface area contributed by atoms with Crippen molar-refractivity contribution in [3.63, 3.8) is 0 Å². The van der Waals surface area contributed by atoms with Crippen molar-refractivity contribution in [3.05, 3.63) is 79.9 Å². The number of amides is 4. The lowest BCUT2D eigenvalue weighted by molar-refractivity contribution is -0.150. The van der Waals surface area contributed by atoms with E-state index in [0.29, 0.717) is 40.9 Å². The average molecular weight is 832 g/mol. The van der Waals surface area contributed by atoms with E-state index in [9.17, 15) is 32.4 Å². The number of methoxy groups -OCH3 is 1. The predicted octanol–water partition coefficient (Wildman–Crippen LogP) is 3.94. The van der Waals surface area contributed by atoms with Crippen LogP contribution in [0.15, 0.2) is 79.9 Å². The molecule has 1 aliphatic heterocycles. The third-order valence-corrected chi connectivity index (χ3v) is 12.1. The van der Waals surface area contributed by atoms with Gasteiger partial charge in [-0.15, -0.1) is 6.58 Å². The average Bonchev–Trinajstić information content (AvgIpc) is 4.12. The maximum atomic E-state index is 14.7. The van der Waals surface area contributed by atoms with Crippen molar-refractivity contribution >= 4 is 50.7 Å². The number of fused-ring (bicyclic) bond motifs is 1. The smallest absolute Gasteiger partial charge is 0.408 e. The van der Waals surface area contributed by atoms with Crippen molar-refractivity contribution in [3.8, 4) is 22.8 Å². The number of benzene rings is 2. The molecule has 0 spiro atoms. The lowest BCUT2D eigenvalue weighted by atomic mass is 10.1. The molecule has 2 aromatic carbocycles. The van der Waals surface area contributed by atoms with E-state index in [0.717, 1.165) is 11.6 Å². The van der Waals surface area contributed by atoms with Gasteiger partial charge in [0.2, 0.25) is 21.8 Å². The second-order valence-electron chi connectivity index (χ2n) is 15.9. The molecule has 0 radical (unpaired) electrons. The van der Waals surface area contributed by atoms with Crippen LogP contribution in [0.4, 0.5) is 4.79 Å². The summed E-state index contributed by atoms with van der Waals surface area (Å²) in [6.07, 6.45) is 0.0341. The Hall–Kier alpha value is -5.97. The van der Waals surface area contributed by atoms with Crippen LogP contribution in [0.3, 0.4) is 0 Å². The van der Waals surface area contributed by atoms with E-state index in [1.807, 2.05) is 30.3 Å². The molecule has 4 amide bonds. The van der Waals surface area contributed by atoms with Gasteiger partial charge < -0.3 is 34.5 Å². The summed E-state index contributed by atoms with van der Waals surface area (Å²) in [6.45, 7) is 13.3. The summed E-state index contributed by atoms with van der Waals surface area (Å²) in [4.78, 5) is 74.3. The van der Waals surface area contributed by atoms with Crippen LogP contribution in [0.1, 0.15) is 53.4 Å². The molecule has 1 unspecified atom stereocenters. The van der Waals surface area contributed by atoms with E-state index in [-0.39, 0.29) is 19.4 Å². The number of hydrogen-bond donors (Lipinski definition) is 3. The van der Waals surface area contributed by atoms with Gasteiger partial charge in [0.15, 0.2) is 0 Å². The number of nitrogens with zero attached hydrogens (tertiary/aromatic N) is 2. The third-order valence-electron chi connectivity index (χ3n) is 10.3. The lowest BCUT2D eigenvalue weighted by Crippen LogP contribution is -2.60. The van der Waals surface area contributed by atoms with Crippen LogP contribution < -0.4 is 24.8 Å². The Morgan fingerprint density at radius 3 is 2.36 bits per heavy atom. The minimum Gasteiger partial charge on any atom is -0.497 e. The number of sulfonamides is 1. The molecule has 3 aromatic rings. The van der Waals surface area contributed by atoms with Crippen molar-refractivity contribution in [2.45, 2.75) is 94.1 Å². The van der Waals surface area contributed by atoms with E-state index < -0.39 is 86.4 Å².